The van der Waals surface area contributed by atoms with E-state index < -0.39 is 0 Å². The summed E-state index contributed by atoms with van der Waals surface area (Å²) in [5.74, 6) is 1.13. The first-order chi connectivity index (χ1) is 13.0. The number of amides is 1. The lowest BCUT2D eigenvalue weighted by Crippen LogP contribution is -2.41. The Balaban J connectivity index is 1.58. The van der Waals surface area contributed by atoms with Crippen molar-refractivity contribution in [2.45, 2.75) is 46.2 Å². The summed E-state index contributed by atoms with van der Waals surface area (Å²) in [4.78, 5) is 35.7. The van der Waals surface area contributed by atoms with Crippen molar-refractivity contribution >= 4 is 5.91 Å². The number of hydrogen-bond donors (Lipinski definition) is 2. The molecule has 0 bridgehead atoms. The highest BCUT2D eigenvalue weighted by Crippen LogP contribution is 2.19. The largest absolute Gasteiger partial charge is 0.344 e. The van der Waals surface area contributed by atoms with Crippen molar-refractivity contribution in [1.82, 2.24) is 24.8 Å². The third-order valence-electron chi connectivity index (χ3n) is 5.68. The molecule has 0 saturated carbocycles. The predicted octanol–water partition coefficient (Wildman–Crippen LogP) is 1.39. The van der Waals surface area contributed by atoms with Gasteiger partial charge in [0.1, 0.15) is 11.4 Å². The van der Waals surface area contributed by atoms with Crippen LogP contribution in [0.3, 0.4) is 0 Å². The summed E-state index contributed by atoms with van der Waals surface area (Å²) >= 11 is 0. The van der Waals surface area contributed by atoms with Gasteiger partial charge in [-0.2, -0.15) is 0 Å². The lowest BCUT2D eigenvalue weighted by molar-refractivity contribution is 0.0728. The molecule has 1 amide bonds. The van der Waals surface area contributed by atoms with Crippen LogP contribution in [0, 0.1) is 19.8 Å². The zero-order valence-electron chi connectivity index (χ0n) is 16.0. The molecular formula is C20H27N5O2. The van der Waals surface area contributed by atoms with Gasteiger partial charge < -0.3 is 19.8 Å². The Kier molecular flexibility index (Phi) is 4.86. The van der Waals surface area contributed by atoms with Crippen LogP contribution in [0.1, 0.15) is 46.0 Å². The Morgan fingerprint density at radius 3 is 3.00 bits per heavy atom. The van der Waals surface area contributed by atoms with E-state index in [4.69, 9.17) is 0 Å². The second kappa shape index (κ2) is 7.31. The normalized spacial score (nSPS) is 19.8. The van der Waals surface area contributed by atoms with Gasteiger partial charge in [-0.1, -0.05) is 0 Å². The summed E-state index contributed by atoms with van der Waals surface area (Å²) in [7, 11) is 0. The predicted molar refractivity (Wildman–Crippen MR) is 103 cm³/mol. The fourth-order valence-electron chi connectivity index (χ4n) is 4.20. The summed E-state index contributed by atoms with van der Waals surface area (Å²) in [6.45, 7) is 7.48. The highest BCUT2D eigenvalue weighted by atomic mass is 16.2. The van der Waals surface area contributed by atoms with Gasteiger partial charge in [-0.3, -0.25) is 9.59 Å². The summed E-state index contributed by atoms with van der Waals surface area (Å²) in [5, 5.41) is 3.39. The number of rotatable bonds is 3. The van der Waals surface area contributed by atoms with E-state index in [1.165, 1.54) is 0 Å². The lowest BCUT2D eigenvalue weighted by atomic mass is 9.99. The fourth-order valence-corrected chi connectivity index (χ4v) is 4.20. The van der Waals surface area contributed by atoms with Crippen LogP contribution in [-0.2, 0) is 19.5 Å². The molecule has 2 aromatic rings. The quantitative estimate of drug-likeness (QED) is 0.856. The number of aromatic nitrogens is 3. The Morgan fingerprint density at radius 2 is 2.22 bits per heavy atom. The van der Waals surface area contributed by atoms with E-state index in [1.54, 1.807) is 9.47 Å². The van der Waals surface area contributed by atoms with Crippen LogP contribution in [0.15, 0.2) is 17.1 Å². The Labute approximate surface area is 158 Å². The molecule has 4 rings (SSSR count). The third kappa shape index (κ3) is 3.56. The van der Waals surface area contributed by atoms with Gasteiger partial charge in [0.15, 0.2) is 0 Å². The number of aromatic amines is 1. The van der Waals surface area contributed by atoms with E-state index in [-0.39, 0.29) is 11.5 Å². The van der Waals surface area contributed by atoms with Crippen LogP contribution in [0.25, 0.3) is 0 Å². The molecule has 2 aliphatic heterocycles. The summed E-state index contributed by atoms with van der Waals surface area (Å²) < 4.78 is 1.72. The number of fused-ring (bicyclic) bond motifs is 1. The molecule has 1 unspecified atom stereocenters. The molecule has 7 heteroatoms. The van der Waals surface area contributed by atoms with Gasteiger partial charge >= 0.3 is 0 Å². The highest BCUT2D eigenvalue weighted by Gasteiger charge is 2.27. The van der Waals surface area contributed by atoms with Crippen LogP contribution in [-0.4, -0.2) is 45.0 Å². The molecule has 144 valence electrons. The molecule has 2 aliphatic rings. The van der Waals surface area contributed by atoms with E-state index in [2.05, 4.69) is 15.3 Å². The number of pyridine rings is 1. The van der Waals surface area contributed by atoms with Crippen molar-refractivity contribution in [3.63, 3.8) is 0 Å². The van der Waals surface area contributed by atoms with E-state index in [9.17, 15) is 9.59 Å². The number of imidazole rings is 1. The van der Waals surface area contributed by atoms with Crippen molar-refractivity contribution < 1.29 is 4.79 Å². The van der Waals surface area contributed by atoms with Crippen molar-refractivity contribution in [3.05, 3.63) is 51.0 Å². The Morgan fingerprint density at radius 1 is 1.37 bits per heavy atom. The fraction of sp³-hybridized carbons (Fsp3) is 0.550. The number of H-pyrrole nitrogens is 1. The van der Waals surface area contributed by atoms with Gasteiger partial charge in [0.05, 0.1) is 17.9 Å². The van der Waals surface area contributed by atoms with E-state index in [1.807, 2.05) is 26.1 Å². The Hall–Kier alpha value is -2.41. The van der Waals surface area contributed by atoms with Crippen molar-refractivity contribution in [3.8, 4) is 0 Å². The maximum atomic E-state index is 13.2. The van der Waals surface area contributed by atoms with Crippen LogP contribution < -0.4 is 10.9 Å². The molecule has 2 aromatic heterocycles. The molecule has 27 heavy (non-hydrogen) atoms. The standard InChI is InChI=1S/C20H27N5O2/c1-13-5-8-24(11-15-4-3-7-21-10-15)19(26)18(13)20(27)25-9-6-16-17(12-25)23-14(2)22-16/h5,8,15,21H,3-4,6-7,9-12H2,1-2H3,(H,22,23). The minimum Gasteiger partial charge on any atom is -0.344 e. The van der Waals surface area contributed by atoms with E-state index >= 15 is 0 Å². The maximum Gasteiger partial charge on any atom is 0.263 e. The van der Waals surface area contributed by atoms with E-state index in [0.29, 0.717) is 31.1 Å². The molecule has 2 N–H and O–H groups in total. The zero-order valence-corrected chi connectivity index (χ0v) is 16.0. The number of carbonyl (C=O) groups is 1. The van der Waals surface area contributed by atoms with Crippen LogP contribution in [0.2, 0.25) is 0 Å². The molecule has 0 radical (unpaired) electrons. The minimum absolute atomic E-state index is 0.169. The summed E-state index contributed by atoms with van der Waals surface area (Å²) in [6.07, 6.45) is 4.80. The molecule has 1 atom stereocenters. The molecule has 4 heterocycles. The average Bonchev–Trinajstić information content (AvgIpc) is 3.04. The van der Waals surface area contributed by atoms with E-state index in [0.717, 1.165) is 55.1 Å². The highest BCUT2D eigenvalue weighted by molar-refractivity contribution is 5.95. The van der Waals surface area contributed by atoms with Gasteiger partial charge in [-0.15, -0.1) is 0 Å². The molecule has 0 aromatic carbocycles. The average molecular weight is 369 g/mol. The van der Waals surface area contributed by atoms with Crippen molar-refractivity contribution in [2.24, 2.45) is 5.92 Å². The van der Waals surface area contributed by atoms with Crippen LogP contribution >= 0.6 is 0 Å². The number of hydrogen-bond acceptors (Lipinski definition) is 4. The van der Waals surface area contributed by atoms with Crippen LogP contribution in [0.4, 0.5) is 0 Å². The second-order valence-electron chi connectivity index (χ2n) is 7.77. The first-order valence-electron chi connectivity index (χ1n) is 9.77. The lowest BCUT2D eigenvalue weighted by Gasteiger charge is -2.27. The first kappa shape index (κ1) is 18.0. The van der Waals surface area contributed by atoms with Gasteiger partial charge in [-0.05, 0) is 57.3 Å². The van der Waals surface area contributed by atoms with Crippen molar-refractivity contribution in [1.29, 1.82) is 0 Å². The number of nitrogens with one attached hydrogen (secondary N) is 2. The maximum absolute atomic E-state index is 13.2. The molecule has 1 saturated heterocycles. The first-order valence-corrected chi connectivity index (χ1v) is 9.77. The number of carbonyl (C=O) groups excluding carboxylic acids is 1. The summed E-state index contributed by atoms with van der Waals surface area (Å²) in [6, 6.07) is 1.89. The third-order valence-corrected chi connectivity index (χ3v) is 5.68. The molecule has 7 nitrogen and oxygen atoms in total. The number of aryl methyl sites for hydroxylation is 2. The summed E-state index contributed by atoms with van der Waals surface area (Å²) in [5.41, 5.74) is 2.89. The molecular weight excluding hydrogens is 342 g/mol. The molecule has 0 spiro atoms. The number of nitrogens with zero attached hydrogens (tertiary/aromatic N) is 3. The monoisotopic (exact) mass is 369 g/mol. The van der Waals surface area contributed by atoms with Gasteiger partial charge in [-0.25, -0.2) is 4.98 Å². The van der Waals surface area contributed by atoms with Crippen molar-refractivity contribution in [2.75, 3.05) is 19.6 Å². The topological polar surface area (TPSA) is 83.0 Å². The van der Waals surface area contributed by atoms with Gasteiger partial charge in [0.2, 0.25) is 0 Å². The van der Waals surface area contributed by atoms with Gasteiger partial charge in [0, 0.05) is 25.7 Å². The Bertz CT molecular complexity index is 908. The minimum atomic E-state index is -0.175. The van der Waals surface area contributed by atoms with Gasteiger partial charge in [0.25, 0.3) is 11.5 Å². The van der Waals surface area contributed by atoms with Crippen LogP contribution in [0.5, 0.6) is 0 Å². The smallest absolute Gasteiger partial charge is 0.263 e. The molecule has 1 fully saturated rings. The second-order valence-corrected chi connectivity index (χ2v) is 7.77. The molecule has 0 aliphatic carbocycles. The number of piperidine rings is 1. The SMILES string of the molecule is Cc1nc2c([nH]1)CN(C(=O)c1c(C)ccn(CC3CCCNC3)c1=O)CC2. The zero-order chi connectivity index (χ0) is 19.0.